The topological polar surface area (TPSA) is 66.5 Å². The summed E-state index contributed by atoms with van der Waals surface area (Å²) in [6, 6.07) is 20.6. The summed E-state index contributed by atoms with van der Waals surface area (Å²) in [5.74, 6) is -0.605. The molecule has 5 heteroatoms. The lowest BCUT2D eigenvalue weighted by atomic mass is 9.83. The van der Waals surface area contributed by atoms with Gasteiger partial charge in [0.25, 0.3) is 0 Å². The summed E-state index contributed by atoms with van der Waals surface area (Å²) in [7, 11) is 0. The number of fused-ring (bicyclic) bond motifs is 2. The van der Waals surface area contributed by atoms with Gasteiger partial charge in [0.2, 0.25) is 5.91 Å². The second-order valence-electron chi connectivity index (χ2n) is 8.60. The molecule has 32 heavy (non-hydrogen) atoms. The summed E-state index contributed by atoms with van der Waals surface area (Å²) in [5.41, 5.74) is 4.18. The van der Waals surface area contributed by atoms with Crippen LogP contribution < -0.4 is 5.32 Å². The zero-order valence-electron chi connectivity index (χ0n) is 17.9. The maximum Gasteiger partial charge on any atom is 0.238 e. The van der Waals surface area contributed by atoms with Crippen LogP contribution in [0.25, 0.3) is 0 Å². The van der Waals surface area contributed by atoms with Crippen molar-refractivity contribution >= 4 is 23.2 Å². The molecule has 2 aliphatic carbocycles. The third-order valence-electron chi connectivity index (χ3n) is 6.14. The Bertz CT molecular complexity index is 1230. The van der Waals surface area contributed by atoms with Gasteiger partial charge in [-0.15, -0.1) is 0 Å². The van der Waals surface area contributed by atoms with Gasteiger partial charge in [-0.3, -0.25) is 19.3 Å². The van der Waals surface area contributed by atoms with E-state index in [1.54, 1.807) is 42.5 Å². The largest absolute Gasteiger partial charge is 0.324 e. The average Bonchev–Trinajstić information content (AvgIpc) is 3.64. The highest BCUT2D eigenvalue weighted by molar-refractivity contribution is 6.30. The minimum atomic E-state index is -0.232. The number of nitrogens with zero attached hydrogens (tertiary/aromatic N) is 1. The fraction of sp³-hybridized carbons (Fsp3) is 0.222. The summed E-state index contributed by atoms with van der Waals surface area (Å²) in [4.78, 5) is 41.2. The van der Waals surface area contributed by atoms with Crippen molar-refractivity contribution in [2.75, 3.05) is 11.9 Å². The normalized spacial score (nSPS) is 14.8. The number of nitrogens with one attached hydrogen (secondary N) is 1. The molecule has 0 aliphatic heterocycles. The zero-order chi connectivity index (χ0) is 22.2. The monoisotopic (exact) mass is 424 g/mol. The quantitative estimate of drug-likeness (QED) is 0.499. The first-order valence-electron chi connectivity index (χ1n) is 10.9. The number of rotatable bonds is 6. The molecule has 0 atom stereocenters. The standard InChI is InChI=1S/C27H24N2O3/c1-17-9-11-18(12-10-17)15-29(19-13-14-19)16-24(30)28-23-8-4-7-22-25(23)27(32)21-6-3-2-5-20(21)26(22)31/h2-12,19H,13-16H2,1H3,(H,28,30). The van der Waals surface area contributed by atoms with Crippen LogP contribution in [-0.4, -0.2) is 35.0 Å². The summed E-state index contributed by atoms with van der Waals surface area (Å²) in [5, 5.41) is 2.91. The van der Waals surface area contributed by atoms with Crippen molar-refractivity contribution in [2.24, 2.45) is 0 Å². The maximum atomic E-state index is 13.2. The van der Waals surface area contributed by atoms with Crippen LogP contribution in [0.5, 0.6) is 0 Å². The van der Waals surface area contributed by atoms with Crippen LogP contribution in [0.3, 0.4) is 0 Å². The SMILES string of the molecule is Cc1ccc(CN(CC(=O)Nc2cccc3c2C(=O)c2ccccc2C3=O)C2CC2)cc1. The molecule has 0 bridgehead atoms. The van der Waals surface area contributed by atoms with Gasteiger partial charge in [0, 0.05) is 29.3 Å². The highest BCUT2D eigenvalue weighted by Gasteiger charge is 2.33. The smallest absolute Gasteiger partial charge is 0.238 e. The van der Waals surface area contributed by atoms with Gasteiger partial charge < -0.3 is 5.32 Å². The number of hydrogen-bond acceptors (Lipinski definition) is 4. The molecule has 1 fully saturated rings. The first-order valence-corrected chi connectivity index (χ1v) is 10.9. The van der Waals surface area contributed by atoms with E-state index in [4.69, 9.17) is 0 Å². The number of carbonyl (C=O) groups is 3. The Hall–Kier alpha value is -3.57. The third-order valence-corrected chi connectivity index (χ3v) is 6.14. The number of hydrogen-bond donors (Lipinski definition) is 1. The number of amides is 1. The van der Waals surface area contributed by atoms with E-state index in [0.29, 0.717) is 35.0 Å². The summed E-state index contributed by atoms with van der Waals surface area (Å²) in [6.07, 6.45) is 2.17. The Morgan fingerprint density at radius 1 is 0.875 bits per heavy atom. The highest BCUT2D eigenvalue weighted by atomic mass is 16.2. The van der Waals surface area contributed by atoms with Gasteiger partial charge in [0.05, 0.1) is 17.8 Å². The van der Waals surface area contributed by atoms with Crippen molar-refractivity contribution in [2.45, 2.75) is 32.4 Å². The van der Waals surface area contributed by atoms with E-state index < -0.39 is 0 Å². The van der Waals surface area contributed by atoms with Gasteiger partial charge in [0.1, 0.15) is 0 Å². The first kappa shape index (κ1) is 20.3. The summed E-state index contributed by atoms with van der Waals surface area (Å²) < 4.78 is 0. The second-order valence-corrected chi connectivity index (χ2v) is 8.60. The molecule has 3 aromatic carbocycles. The molecule has 0 saturated heterocycles. The van der Waals surface area contributed by atoms with Crippen LogP contribution in [0.15, 0.2) is 66.7 Å². The third kappa shape index (κ3) is 3.87. The lowest BCUT2D eigenvalue weighted by Crippen LogP contribution is -2.35. The molecule has 1 saturated carbocycles. The van der Waals surface area contributed by atoms with E-state index in [1.807, 2.05) is 0 Å². The van der Waals surface area contributed by atoms with E-state index in [2.05, 4.69) is 41.4 Å². The predicted octanol–water partition coefficient (Wildman–Crippen LogP) is 4.37. The van der Waals surface area contributed by atoms with Crippen LogP contribution in [0.4, 0.5) is 5.69 Å². The van der Waals surface area contributed by atoms with E-state index in [-0.39, 0.29) is 29.6 Å². The number of aryl methyl sites for hydroxylation is 1. The molecule has 1 N–H and O–H groups in total. The average molecular weight is 425 g/mol. The van der Waals surface area contributed by atoms with Gasteiger partial charge in [-0.1, -0.05) is 66.2 Å². The van der Waals surface area contributed by atoms with Gasteiger partial charge in [-0.25, -0.2) is 0 Å². The van der Waals surface area contributed by atoms with Crippen molar-refractivity contribution < 1.29 is 14.4 Å². The van der Waals surface area contributed by atoms with Crippen LogP contribution >= 0.6 is 0 Å². The fourth-order valence-corrected chi connectivity index (χ4v) is 4.31. The van der Waals surface area contributed by atoms with Crippen LogP contribution in [0, 0.1) is 6.92 Å². The molecule has 5 rings (SSSR count). The molecule has 0 radical (unpaired) electrons. The van der Waals surface area contributed by atoms with Crippen molar-refractivity contribution in [1.82, 2.24) is 4.90 Å². The Balaban J connectivity index is 1.36. The second kappa shape index (κ2) is 8.17. The van der Waals surface area contributed by atoms with Crippen molar-refractivity contribution in [3.63, 3.8) is 0 Å². The summed E-state index contributed by atoms with van der Waals surface area (Å²) in [6.45, 7) is 3.00. The lowest BCUT2D eigenvalue weighted by molar-refractivity contribution is -0.117. The molecule has 0 spiro atoms. The van der Waals surface area contributed by atoms with Crippen molar-refractivity contribution in [3.05, 3.63) is 100 Å². The van der Waals surface area contributed by atoms with Gasteiger partial charge in [-0.05, 0) is 31.4 Å². The van der Waals surface area contributed by atoms with Crippen LogP contribution in [0.1, 0.15) is 55.8 Å². The van der Waals surface area contributed by atoms with E-state index in [1.165, 1.54) is 11.1 Å². The minimum absolute atomic E-state index is 0.184. The Labute approximate surface area is 187 Å². The Morgan fingerprint density at radius 2 is 1.53 bits per heavy atom. The molecule has 2 aliphatic rings. The van der Waals surface area contributed by atoms with Crippen LogP contribution in [-0.2, 0) is 11.3 Å². The van der Waals surface area contributed by atoms with E-state index >= 15 is 0 Å². The molecule has 5 nitrogen and oxygen atoms in total. The molecule has 160 valence electrons. The summed E-state index contributed by atoms with van der Waals surface area (Å²) >= 11 is 0. The van der Waals surface area contributed by atoms with E-state index in [9.17, 15) is 14.4 Å². The molecular weight excluding hydrogens is 400 g/mol. The lowest BCUT2D eigenvalue weighted by Gasteiger charge is -2.23. The molecule has 1 amide bonds. The van der Waals surface area contributed by atoms with Gasteiger partial charge >= 0.3 is 0 Å². The van der Waals surface area contributed by atoms with Gasteiger partial charge in [-0.2, -0.15) is 0 Å². The molecule has 0 aromatic heterocycles. The molecule has 0 unspecified atom stereocenters. The van der Waals surface area contributed by atoms with Gasteiger partial charge in [0.15, 0.2) is 11.6 Å². The van der Waals surface area contributed by atoms with E-state index in [0.717, 1.165) is 12.8 Å². The molecular formula is C27H24N2O3. The molecule has 0 heterocycles. The number of benzene rings is 3. The maximum absolute atomic E-state index is 13.2. The van der Waals surface area contributed by atoms with Crippen molar-refractivity contribution in [3.8, 4) is 0 Å². The highest BCUT2D eigenvalue weighted by Crippen LogP contribution is 2.32. The zero-order valence-corrected chi connectivity index (χ0v) is 17.9. The minimum Gasteiger partial charge on any atom is -0.324 e. The first-order chi connectivity index (χ1) is 15.5. The number of carbonyl (C=O) groups excluding carboxylic acids is 3. The fourth-order valence-electron chi connectivity index (χ4n) is 4.31. The predicted molar refractivity (Wildman–Crippen MR) is 123 cm³/mol. The Kier molecular flexibility index (Phi) is 5.19. The number of ketones is 2. The van der Waals surface area contributed by atoms with Crippen molar-refractivity contribution in [1.29, 1.82) is 0 Å². The molecule has 3 aromatic rings. The van der Waals surface area contributed by atoms with Crippen LogP contribution in [0.2, 0.25) is 0 Å². The Morgan fingerprint density at radius 3 is 2.22 bits per heavy atom. The number of anilines is 1.